The molecule has 8 nitrogen and oxygen atoms in total. The summed E-state index contributed by atoms with van der Waals surface area (Å²) in [4.78, 5) is 23.4. The van der Waals surface area contributed by atoms with E-state index in [0.29, 0.717) is 22.5 Å². The molecule has 0 fully saturated rings. The number of anilines is 2. The average molecular weight is 439 g/mol. The summed E-state index contributed by atoms with van der Waals surface area (Å²) < 4.78 is 27.1. The average Bonchev–Trinajstić information content (AvgIpc) is 2.76. The van der Waals surface area contributed by atoms with Gasteiger partial charge >= 0.3 is 0 Å². The highest BCUT2D eigenvalue weighted by atomic mass is 32.2. The lowest BCUT2D eigenvalue weighted by Crippen LogP contribution is -2.30. The van der Waals surface area contributed by atoms with Crippen molar-refractivity contribution in [2.45, 2.75) is 18.7 Å². The fraction of sp³-hybridized carbons (Fsp3) is 0.136. The molecule has 0 aliphatic carbocycles. The summed E-state index contributed by atoms with van der Waals surface area (Å²) in [7, 11) is -3.74. The molecule has 1 N–H and O–H groups in total. The van der Waals surface area contributed by atoms with Crippen LogP contribution in [0, 0.1) is 17.0 Å². The van der Waals surface area contributed by atoms with E-state index < -0.39 is 20.9 Å². The van der Waals surface area contributed by atoms with Crippen molar-refractivity contribution in [1.82, 2.24) is 0 Å². The van der Waals surface area contributed by atoms with Crippen LogP contribution in [-0.4, -0.2) is 25.8 Å². The third-order valence-electron chi connectivity index (χ3n) is 4.79. The Bertz CT molecular complexity index is 1210. The Labute approximate surface area is 180 Å². The van der Waals surface area contributed by atoms with Crippen LogP contribution in [0.2, 0.25) is 0 Å². The lowest BCUT2D eigenvalue weighted by atomic mass is 10.1. The number of sulfonamides is 1. The van der Waals surface area contributed by atoms with Crippen LogP contribution in [0.5, 0.6) is 0 Å². The molecule has 0 atom stereocenters. The third kappa shape index (κ3) is 4.56. The molecule has 160 valence electrons. The number of hydrogen-bond donors (Lipinski definition) is 1. The second-order valence-electron chi connectivity index (χ2n) is 6.69. The number of hydrogen-bond acceptors (Lipinski definition) is 5. The molecule has 0 aliphatic heterocycles. The number of rotatable bonds is 7. The molecule has 3 aromatic carbocycles. The molecule has 3 aromatic rings. The number of nitro groups is 1. The number of nitrogens with zero attached hydrogens (tertiary/aromatic N) is 2. The van der Waals surface area contributed by atoms with Crippen molar-refractivity contribution >= 4 is 33.0 Å². The highest BCUT2D eigenvalue weighted by molar-refractivity contribution is 7.92. The molecule has 0 saturated carbocycles. The zero-order chi connectivity index (χ0) is 22.6. The number of benzene rings is 3. The number of nitrogens with one attached hydrogen (secondary N) is 1. The Morgan fingerprint density at radius 1 is 1.00 bits per heavy atom. The van der Waals surface area contributed by atoms with Crippen LogP contribution in [0.25, 0.3) is 0 Å². The topological polar surface area (TPSA) is 110 Å². The van der Waals surface area contributed by atoms with E-state index in [4.69, 9.17) is 0 Å². The molecule has 0 aliphatic rings. The zero-order valence-electron chi connectivity index (χ0n) is 17.0. The van der Waals surface area contributed by atoms with Gasteiger partial charge in [0.15, 0.2) is 0 Å². The second kappa shape index (κ2) is 8.97. The Hall–Kier alpha value is -3.72. The van der Waals surface area contributed by atoms with Gasteiger partial charge in [-0.05, 0) is 56.3 Å². The summed E-state index contributed by atoms with van der Waals surface area (Å²) in [5.41, 5.74) is 1.32. The zero-order valence-corrected chi connectivity index (χ0v) is 17.8. The molecule has 1 amide bonds. The Morgan fingerprint density at radius 2 is 1.65 bits per heavy atom. The van der Waals surface area contributed by atoms with E-state index in [1.807, 2.05) is 0 Å². The molecule has 9 heteroatoms. The Balaban J connectivity index is 1.83. The van der Waals surface area contributed by atoms with E-state index in [1.54, 1.807) is 50.2 Å². The molecule has 0 spiro atoms. The minimum Gasteiger partial charge on any atom is -0.321 e. The first kappa shape index (κ1) is 22.0. The van der Waals surface area contributed by atoms with E-state index in [9.17, 15) is 23.3 Å². The standard InChI is InChI=1S/C22H21N3O5S/c1-3-24(31(29,30)19-8-5-4-6-9-19)18-14-12-17(13-15-18)22(26)23-20-10-7-11-21(16(20)2)25(27)28/h4-15H,3H2,1-2H3,(H,23,26). The van der Waals surface area contributed by atoms with Gasteiger partial charge in [-0.15, -0.1) is 0 Å². The number of carbonyl (C=O) groups excluding carboxylic acids is 1. The van der Waals surface area contributed by atoms with Crippen LogP contribution < -0.4 is 9.62 Å². The third-order valence-corrected chi connectivity index (χ3v) is 6.70. The largest absolute Gasteiger partial charge is 0.321 e. The van der Waals surface area contributed by atoms with Gasteiger partial charge in [0.05, 0.1) is 26.8 Å². The smallest absolute Gasteiger partial charge is 0.274 e. The van der Waals surface area contributed by atoms with Crippen molar-refractivity contribution in [3.8, 4) is 0 Å². The molecular weight excluding hydrogens is 418 g/mol. The monoisotopic (exact) mass is 439 g/mol. The highest BCUT2D eigenvalue weighted by Crippen LogP contribution is 2.27. The molecule has 0 aromatic heterocycles. The van der Waals surface area contributed by atoms with Crippen molar-refractivity contribution < 1.29 is 18.1 Å². The molecule has 31 heavy (non-hydrogen) atoms. The van der Waals surface area contributed by atoms with E-state index in [-0.39, 0.29) is 17.1 Å². The van der Waals surface area contributed by atoms with Gasteiger partial charge in [-0.1, -0.05) is 24.3 Å². The summed E-state index contributed by atoms with van der Waals surface area (Å²) in [6.07, 6.45) is 0. The van der Waals surface area contributed by atoms with Gasteiger partial charge in [0.1, 0.15) is 0 Å². The van der Waals surface area contributed by atoms with E-state index in [1.165, 1.54) is 40.7 Å². The number of carbonyl (C=O) groups is 1. The fourth-order valence-electron chi connectivity index (χ4n) is 3.14. The minimum atomic E-state index is -3.74. The van der Waals surface area contributed by atoms with Crippen molar-refractivity contribution in [3.05, 3.63) is 94.0 Å². The second-order valence-corrected chi connectivity index (χ2v) is 8.55. The number of amides is 1. The molecule has 3 rings (SSSR count). The molecule has 0 heterocycles. The SMILES string of the molecule is CCN(c1ccc(C(=O)Nc2cccc([N+](=O)[O-])c2C)cc1)S(=O)(=O)c1ccccc1. The van der Waals surface area contributed by atoms with Gasteiger partial charge in [-0.2, -0.15) is 0 Å². The van der Waals surface area contributed by atoms with Crippen LogP contribution in [0.3, 0.4) is 0 Å². The van der Waals surface area contributed by atoms with Crippen molar-refractivity contribution in [3.63, 3.8) is 0 Å². The summed E-state index contributed by atoms with van der Waals surface area (Å²) in [5, 5.41) is 13.7. The first-order chi connectivity index (χ1) is 14.8. The van der Waals surface area contributed by atoms with Gasteiger partial charge in [0, 0.05) is 18.2 Å². The lowest BCUT2D eigenvalue weighted by Gasteiger charge is -2.23. The maximum Gasteiger partial charge on any atom is 0.274 e. The summed E-state index contributed by atoms with van der Waals surface area (Å²) >= 11 is 0. The molecule has 0 saturated heterocycles. The fourth-order valence-corrected chi connectivity index (χ4v) is 4.64. The maximum atomic E-state index is 12.9. The first-order valence-electron chi connectivity index (χ1n) is 9.49. The van der Waals surface area contributed by atoms with Gasteiger partial charge in [0.25, 0.3) is 21.6 Å². The predicted molar refractivity (Wildman–Crippen MR) is 119 cm³/mol. The van der Waals surface area contributed by atoms with Gasteiger partial charge in [-0.25, -0.2) is 8.42 Å². The van der Waals surface area contributed by atoms with Crippen LogP contribution in [0.4, 0.5) is 17.1 Å². The van der Waals surface area contributed by atoms with Gasteiger partial charge < -0.3 is 5.32 Å². The quantitative estimate of drug-likeness (QED) is 0.434. The Morgan fingerprint density at radius 3 is 2.23 bits per heavy atom. The van der Waals surface area contributed by atoms with Crippen LogP contribution in [0.15, 0.2) is 77.7 Å². The maximum absolute atomic E-state index is 12.9. The highest BCUT2D eigenvalue weighted by Gasteiger charge is 2.23. The molecule has 0 unspecified atom stereocenters. The van der Waals surface area contributed by atoms with E-state index in [2.05, 4.69) is 5.32 Å². The summed E-state index contributed by atoms with van der Waals surface area (Å²) in [6.45, 7) is 3.51. The normalized spacial score (nSPS) is 11.0. The lowest BCUT2D eigenvalue weighted by molar-refractivity contribution is -0.385. The Kier molecular flexibility index (Phi) is 6.36. The van der Waals surface area contributed by atoms with Crippen molar-refractivity contribution in [1.29, 1.82) is 0 Å². The van der Waals surface area contributed by atoms with E-state index in [0.717, 1.165) is 0 Å². The van der Waals surface area contributed by atoms with E-state index >= 15 is 0 Å². The summed E-state index contributed by atoms with van der Waals surface area (Å²) in [5.74, 6) is -0.455. The predicted octanol–water partition coefficient (Wildman–Crippen LogP) is 4.37. The molecular formula is C22H21N3O5S. The van der Waals surface area contributed by atoms with Crippen molar-refractivity contribution in [2.24, 2.45) is 0 Å². The molecule has 0 bridgehead atoms. The van der Waals surface area contributed by atoms with Crippen molar-refractivity contribution in [2.75, 3.05) is 16.2 Å². The minimum absolute atomic E-state index is 0.0853. The van der Waals surface area contributed by atoms with Gasteiger partial charge in [-0.3, -0.25) is 19.2 Å². The summed E-state index contributed by atoms with van der Waals surface area (Å²) in [6, 6.07) is 18.7. The van der Waals surface area contributed by atoms with Crippen LogP contribution in [-0.2, 0) is 10.0 Å². The molecule has 0 radical (unpaired) electrons. The number of nitro benzene ring substituents is 1. The van der Waals surface area contributed by atoms with Gasteiger partial charge in [0.2, 0.25) is 0 Å². The van der Waals surface area contributed by atoms with Crippen LogP contribution in [0.1, 0.15) is 22.8 Å². The van der Waals surface area contributed by atoms with Crippen LogP contribution >= 0.6 is 0 Å². The first-order valence-corrected chi connectivity index (χ1v) is 10.9.